The van der Waals surface area contributed by atoms with E-state index in [9.17, 15) is 9.90 Å². The van der Waals surface area contributed by atoms with Gasteiger partial charge in [0.2, 0.25) is 0 Å². The van der Waals surface area contributed by atoms with Gasteiger partial charge in [0, 0.05) is 6.04 Å². The highest BCUT2D eigenvalue weighted by molar-refractivity contribution is 5.72. The highest BCUT2D eigenvalue weighted by Crippen LogP contribution is 2.15. The third kappa shape index (κ3) is 6.94. The molecule has 0 aliphatic carbocycles. The molecule has 0 aliphatic heterocycles. The summed E-state index contributed by atoms with van der Waals surface area (Å²) in [5, 5.41) is 21.0. The molecule has 0 spiro atoms. The SMILES string of the molecule is CC(C)(C)C(=O)O.CNC(C)C(O)c1ccccc1. The van der Waals surface area contributed by atoms with Gasteiger partial charge in [-0.15, -0.1) is 0 Å². The van der Waals surface area contributed by atoms with E-state index in [4.69, 9.17) is 5.11 Å². The van der Waals surface area contributed by atoms with Crippen molar-refractivity contribution in [3.8, 4) is 0 Å². The van der Waals surface area contributed by atoms with Gasteiger partial charge in [0.1, 0.15) is 0 Å². The van der Waals surface area contributed by atoms with Crippen molar-refractivity contribution in [1.29, 1.82) is 0 Å². The van der Waals surface area contributed by atoms with Crippen LogP contribution in [0.3, 0.4) is 0 Å². The van der Waals surface area contributed by atoms with Crippen molar-refractivity contribution >= 4 is 5.97 Å². The highest BCUT2D eigenvalue weighted by atomic mass is 16.4. The Morgan fingerprint density at radius 2 is 1.63 bits per heavy atom. The molecule has 2 atom stereocenters. The Bertz CT molecular complexity index is 371. The fraction of sp³-hybridized carbons (Fsp3) is 0.533. The molecule has 0 saturated heterocycles. The molecular weight excluding hydrogens is 242 g/mol. The molecule has 0 saturated carbocycles. The standard InChI is InChI=1S/C10H15NO.C5H10O2/c1-8(11-2)10(12)9-6-4-3-5-7-9;1-5(2,3)4(6)7/h3-8,10-12H,1-2H3;1-3H3,(H,6,7). The molecule has 1 aromatic carbocycles. The number of hydrogen-bond acceptors (Lipinski definition) is 3. The zero-order chi connectivity index (χ0) is 15.1. The molecular formula is C15H25NO3. The Hall–Kier alpha value is -1.39. The van der Waals surface area contributed by atoms with Crippen LogP contribution in [0.25, 0.3) is 0 Å². The third-order valence-electron chi connectivity index (χ3n) is 2.71. The third-order valence-corrected chi connectivity index (χ3v) is 2.71. The summed E-state index contributed by atoms with van der Waals surface area (Å²) in [5.41, 5.74) is 0.374. The second-order valence-electron chi connectivity index (χ2n) is 5.49. The molecule has 108 valence electrons. The number of carbonyl (C=O) groups is 1. The van der Waals surface area contributed by atoms with Gasteiger partial charge >= 0.3 is 5.97 Å². The zero-order valence-corrected chi connectivity index (χ0v) is 12.3. The number of likely N-dealkylation sites (N-methyl/N-ethyl adjacent to an activating group) is 1. The second-order valence-corrected chi connectivity index (χ2v) is 5.49. The van der Waals surface area contributed by atoms with Gasteiger partial charge in [-0.2, -0.15) is 0 Å². The van der Waals surface area contributed by atoms with Crippen LogP contribution < -0.4 is 5.32 Å². The van der Waals surface area contributed by atoms with Crippen molar-refractivity contribution in [2.24, 2.45) is 5.41 Å². The Balaban J connectivity index is 0.000000399. The summed E-state index contributed by atoms with van der Waals surface area (Å²) in [6, 6.07) is 9.76. The molecule has 19 heavy (non-hydrogen) atoms. The molecule has 0 bridgehead atoms. The van der Waals surface area contributed by atoms with Crippen LogP contribution in [0.1, 0.15) is 39.4 Å². The Morgan fingerprint density at radius 3 is 1.95 bits per heavy atom. The van der Waals surface area contributed by atoms with E-state index in [1.54, 1.807) is 20.8 Å². The van der Waals surface area contributed by atoms with E-state index in [-0.39, 0.29) is 6.04 Å². The molecule has 4 nitrogen and oxygen atoms in total. The first-order chi connectivity index (χ1) is 8.70. The molecule has 0 fully saturated rings. The summed E-state index contributed by atoms with van der Waals surface area (Å²) in [5.74, 6) is -0.757. The van der Waals surface area contributed by atoms with Crippen LogP contribution in [0.2, 0.25) is 0 Å². The van der Waals surface area contributed by atoms with E-state index >= 15 is 0 Å². The maximum Gasteiger partial charge on any atom is 0.308 e. The number of carboxylic acids is 1. The Kier molecular flexibility index (Phi) is 7.34. The predicted octanol–water partition coefficient (Wildman–Crippen LogP) is 2.45. The van der Waals surface area contributed by atoms with Crippen LogP contribution >= 0.6 is 0 Å². The number of nitrogens with one attached hydrogen (secondary N) is 1. The van der Waals surface area contributed by atoms with Crippen molar-refractivity contribution in [2.45, 2.75) is 39.8 Å². The number of aliphatic hydroxyl groups excluding tert-OH is 1. The first-order valence-electron chi connectivity index (χ1n) is 6.33. The largest absolute Gasteiger partial charge is 0.481 e. The lowest BCUT2D eigenvalue weighted by Crippen LogP contribution is -2.28. The van der Waals surface area contributed by atoms with E-state index in [1.807, 2.05) is 44.3 Å². The molecule has 3 N–H and O–H groups in total. The zero-order valence-electron chi connectivity index (χ0n) is 12.3. The number of benzene rings is 1. The van der Waals surface area contributed by atoms with Gasteiger partial charge in [-0.25, -0.2) is 0 Å². The van der Waals surface area contributed by atoms with Crippen molar-refractivity contribution in [3.63, 3.8) is 0 Å². The molecule has 1 aromatic rings. The maximum atomic E-state index is 10.0. The van der Waals surface area contributed by atoms with Gasteiger partial charge in [0.05, 0.1) is 11.5 Å². The molecule has 0 amide bonds. The number of carboxylic acid groups (broad SMARTS) is 1. The van der Waals surface area contributed by atoms with Crippen LogP contribution in [-0.4, -0.2) is 29.3 Å². The predicted molar refractivity (Wildman–Crippen MR) is 77.0 cm³/mol. The summed E-state index contributed by atoms with van der Waals surface area (Å²) >= 11 is 0. The highest BCUT2D eigenvalue weighted by Gasteiger charge is 2.18. The van der Waals surface area contributed by atoms with Crippen molar-refractivity contribution in [3.05, 3.63) is 35.9 Å². The first kappa shape index (κ1) is 17.6. The normalized spacial score (nSPS) is 14.0. The van der Waals surface area contributed by atoms with Gasteiger partial charge in [-0.3, -0.25) is 4.79 Å². The van der Waals surface area contributed by atoms with E-state index in [1.165, 1.54) is 0 Å². The molecule has 0 heterocycles. The smallest absolute Gasteiger partial charge is 0.308 e. The minimum absolute atomic E-state index is 0.0902. The van der Waals surface area contributed by atoms with Crippen molar-refractivity contribution in [2.75, 3.05) is 7.05 Å². The van der Waals surface area contributed by atoms with Gasteiger partial charge in [0.25, 0.3) is 0 Å². The molecule has 2 unspecified atom stereocenters. The van der Waals surface area contributed by atoms with Crippen molar-refractivity contribution < 1.29 is 15.0 Å². The lowest BCUT2D eigenvalue weighted by Gasteiger charge is -2.17. The number of aliphatic hydroxyl groups is 1. The minimum atomic E-state index is -0.757. The summed E-state index contributed by atoms with van der Waals surface area (Å²) in [6.45, 7) is 6.94. The van der Waals surface area contributed by atoms with Gasteiger partial charge in [0.15, 0.2) is 0 Å². The number of hydrogen-bond donors (Lipinski definition) is 3. The second kappa shape index (κ2) is 7.92. The topological polar surface area (TPSA) is 69.6 Å². The lowest BCUT2D eigenvalue weighted by molar-refractivity contribution is -0.145. The van der Waals surface area contributed by atoms with Gasteiger partial charge in [-0.05, 0) is 40.3 Å². The van der Waals surface area contributed by atoms with E-state index in [2.05, 4.69) is 5.32 Å². The average Bonchev–Trinajstić information content (AvgIpc) is 2.37. The molecule has 0 radical (unpaired) electrons. The van der Waals surface area contributed by atoms with E-state index < -0.39 is 17.5 Å². The summed E-state index contributed by atoms with van der Waals surface area (Å²) in [6.07, 6.45) is -0.420. The number of aliphatic carboxylic acids is 1. The summed E-state index contributed by atoms with van der Waals surface area (Å²) < 4.78 is 0. The van der Waals surface area contributed by atoms with Crippen LogP contribution in [0.4, 0.5) is 0 Å². The fourth-order valence-corrected chi connectivity index (χ4v) is 1.10. The molecule has 1 rings (SSSR count). The average molecular weight is 267 g/mol. The van der Waals surface area contributed by atoms with E-state index in [0.717, 1.165) is 5.56 Å². The van der Waals surface area contributed by atoms with Crippen LogP contribution in [-0.2, 0) is 4.79 Å². The minimum Gasteiger partial charge on any atom is -0.481 e. The first-order valence-corrected chi connectivity index (χ1v) is 6.33. The van der Waals surface area contributed by atoms with Gasteiger partial charge < -0.3 is 15.5 Å². The lowest BCUT2D eigenvalue weighted by atomic mass is 9.98. The maximum absolute atomic E-state index is 10.0. The Morgan fingerprint density at radius 1 is 1.21 bits per heavy atom. The summed E-state index contributed by atoms with van der Waals surface area (Å²) in [4.78, 5) is 10.0. The van der Waals surface area contributed by atoms with Crippen LogP contribution in [0.15, 0.2) is 30.3 Å². The fourth-order valence-electron chi connectivity index (χ4n) is 1.10. The molecule has 0 aliphatic rings. The Labute approximate surface area is 115 Å². The van der Waals surface area contributed by atoms with Crippen molar-refractivity contribution in [1.82, 2.24) is 5.32 Å². The monoisotopic (exact) mass is 267 g/mol. The molecule has 4 heteroatoms. The quantitative estimate of drug-likeness (QED) is 0.786. The molecule has 0 aromatic heterocycles. The van der Waals surface area contributed by atoms with Gasteiger partial charge in [-0.1, -0.05) is 30.3 Å². The van der Waals surface area contributed by atoms with Crippen LogP contribution in [0.5, 0.6) is 0 Å². The number of rotatable bonds is 3. The summed E-state index contributed by atoms with van der Waals surface area (Å²) in [7, 11) is 1.84. The van der Waals surface area contributed by atoms with Crippen LogP contribution in [0, 0.1) is 5.41 Å². The van der Waals surface area contributed by atoms with E-state index in [0.29, 0.717) is 0 Å².